The summed E-state index contributed by atoms with van der Waals surface area (Å²) in [6.07, 6.45) is 0. The molecule has 1 N–H and O–H groups in total. The minimum Gasteiger partial charge on any atom is -0.342 e. The zero-order valence-corrected chi connectivity index (χ0v) is 11.8. The van der Waals surface area contributed by atoms with Crippen LogP contribution in [0.1, 0.15) is 35.6 Å². The van der Waals surface area contributed by atoms with E-state index in [1.807, 2.05) is 26.8 Å². The van der Waals surface area contributed by atoms with Gasteiger partial charge in [0.2, 0.25) is 0 Å². The number of carbonyl (C=O) groups excluding carboxylic acids is 1. The van der Waals surface area contributed by atoms with Crippen LogP contribution in [0.25, 0.3) is 0 Å². The third kappa shape index (κ3) is 3.20. The van der Waals surface area contributed by atoms with Crippen molar-refractivity contribution in [1.82, 2.24) is 10.3 Å². The van der Waals surface area contributed by atoms with Crippen molar-refractivity contribution in [3.8, 4) is 0 Å². The number of hydrogen-bond acceptors (Lipinski definition) is 2. The highest BCUT2D eigenvalue weighted by Gasteiger charge is 2.24. The van der Waals surface area contributed by atoms with Crippen molar-refractivity contribution in [2.45, 2.75) is 26.3 Å². The van der Waals surface area contributed by atoms with Crippen molar-refractivity contribution in [3.63, 3.8) is 0 Å². The van der Waals surface area contributed by atoms with E-state index in [-0.39, 0.29) is 11.7 Å². The van der Waals surface area contributed by atoms with Crippen LogP contribution < -0.4 is 5.32 Å². The second-order valence-electron chi connectivity index (χ2n) is 5.25. The molecular weight excluding hydrogens is 255 g/mol. The number of nitrogens with zero attached hydrogens (tertiary/aromatic N) is 1. The molecule has 0 atom stereocenters. The molecule has 104 valence electrons. The van der Waals surface area contributed by atoms with Crippen LogP contribution in [-0.2, 0) is 5.54 Å². The van der Waals surface area contributed by atoms with Crippen molar-refractivity contribution in [2.75, 3.05) is 0 Å². The van der Waals surface area contributed by atoms with E-state index >= 15 is 0 Å². The summed E-state index contributed by atoms with van der Waals surface area (Å²) in [6.45, 7) is 5.57. The predicted molar refractivity (Wildman–Crippen MR) is 75.9 cm³/mol. The first-order valence-electron chi connectivity index (χ1n) is 6.41. The first-order valence-corrected chi connectivity index (χ1v) is 6.41. The van der Waals surface area contributed by atoms with Gasteiger partial charge in [-0.3, -0.25) is 4.79 Å². The fraction of sp³-hybridized carbons (Fsp3) is 0.250. The van der Waals surface area contributed by atoms with Gasteiger partial charge in [0, 0.05) is 5.69 Å². The lowest BCUT2D eigenvalue weighted by atomic mass is 9.94. The Hall–Kier alpha value is -2.23. The summed E-state index contributed by atoms with van der Waals surface area (Å²) in [7, 11) is 0. The molecule has 0 unspecified atom stereocenters. The Labute approximate surface area is 117 Å². The van der Waals surface area contributed by atoms with Gasteiger partial charge in [-0.2, -0.15) is 0 Å². The van der Waals surface area contributed by atoms with Gasteiger partial charge in [-0.1, -0.05) is 18.2 Å². The van der Waals surface area contributed by atoms with E-state index in [2.05, 4.69) is 10.3 Å². The van der Waals surface area contributed by atoms with E-state index in [1.165, 1.54) is 12.1 Å². The van der Waals surface area contributed by atoms with Crippen LogP contribution >= 0.6 is 0 Å². The average Bonchev–Trinajstić information content (AvgIpc) is 2.38. The van der Waals surface area contributed by atoms with Gasteiger partial charge in [0.25, 0.3) is 5.91 Å². The first kappa shape index (κ1) is 14.2. The lowest BCUT2D eigenvalue weighted by Crippen LogP contribution is -2.41. The van der Waals surface area contributed by atoms with Gasteiger partial charge in [-0.05, 0) is 50.6 Å². The quantitative estimate of drug-likeness (QED) is 0.932. The monoisotopic (exact) mass is 272 g/mol. The fourth-order valence-electron chi connectivity index (χ4n) is 1.96. The van der Waals surface area contributed by atoms with Crippen LogP contribution in [0.15, 0.2) is 42.5 Å². The van der Waals surface area contributed by atoms with Crippen molar-refractivity contribution in [3.05, 3.63) is 65.2 Å². The van der Waals surface area contributed by atoms with Crippen molar-refractivity contribution in [2.24, 2.45) is 0 Å². The molecule has 0 aliphatic carbocycles. The molecule has 0 spiro atoms. The Morgan fingerprint density at radius 1 is 1.15 bits per heavy atom. The molecule has 0 radical (unpaired) electrons. The minimum atomic E-state index is -0.601. The first-order chi connectivity index (χ1) is 9.38. The summed E-state index contributed by atoms with van der Waals surface area (Å²) in [5, 5.41) is 2.91. The zero-order valence-electron chi connectivity index (χ0n) is 11.8. The van der Waals surface area contributed by atoms with E-state index in [0.717, 1.165) is 11.3 Å². The number of nitrogens with one attached hydrogen (secondary N) is 1. The number of hydrogen-bond donors (Lipinski definition) is 1. The molecule has 0 saturated carbocycles. The van der Waals surface area contributed by atoms with Crippen LogP contribution in [-0.4, -0.2) is 10.9 Å². The SMILES string of the molecule is Cc1cccc(C(=O)NC(C)(C)c2ccc(F)cc2)n1. The maximum absolute atomic E-state index is 12.9. The number of rotatable bonds is 3. The molecule has 4 heteroatoms. The molecule has 1 aromatic carbocycles. The van der Waals surface area contributed by atoms with Crippen molar-refractivity contribution in [1.29, 1.82) is 0 Å². The normalized spacial score (nSPS) is 11.2. The Bertz CT molecular complexity index is 621. The molecule has 1 heterocycles. The zero-order chi connectivity index (χ0) is 14.8. The number of amides is 1. The van der Waals surface area contributed by atoms with Gasteiger partial charge in [0.1, 0.15) is 11.5 Å². The Morgan fingerprint density at radius 2 is 1.80 bits per heavy atom. The van der Waals surface area contributed by atoms with Gasteiger partial charge >= 0.3 is 0 Å². The minimum absolute atomic E-state index is 0.247. The molecule has 0 bridgehead atoms. The van der Waals surface area contributed by atoms with Crippen LogP contribution in [0.5, 0.6) is 0 Å². The Balaban J connectivity index is 2.19. The number of halogens is 1. The Morgan fingerprint density at radius 3 is 2.40 bits per heavy atom. The van der Waals surface area contributed by atoms with Gasteiger partial charge in [-0.25, -0.2) is 9.37 Å². The van der Waals surface area contributed by atoms with E-state index in [0.29, 0.717) is 5.69 Å². The molecule has 0 aliphatic heterocycles. The van der Waals surface area contributed by atoms with Gasteiger partial charge < -0.3 is 5.32 Å². The van der Waals surface area contributed by atoms with Gasteiger partial charge in [-0.15, -0.1) is 0 Å². The fourth-order valence-corrected chi connectivity index (χ4v) is 1.96. The second kappa shape index (κ2) is 5.41. The van der Waals surface area contributed by atoms with Crippen LogP contribution in [0, 0.1) is 12.7 Å². The predicted octanol–water partition coefficient (Wildman–Crippen LogP) is 3.19. The summed E-state index contributed by atoms with van der Waals surface area (Å²) in [6, 6.07) is 11.4. The van der Waals surface area contributed by atoms with E-state index in [9.17, 15) is 9.18 Å². The van der Waals surface area contributed by atoms with Gasteiger partial charge in [0.05, 0.1) is 5.54 Å². The third-order valence-electron chi connectivity index (χ3n) is 3.11. The summed E-state index contributed by atoms with van der Waals surface area (Å²) in [4.78, 5) is 16.4. The number of carbonyl (C=O) groups is 1. The van der Waals surface area contributed by atoms with Gasteiger partial charge in [0.15, 0.2) is 0 Å². The Kier molecular flexibility index (Phi) is 3.84. The highest BCUT2D eigenvalue weighted by atomic mass is 19.1. The van der Waals surface area contributed by atoms with Crippen LogP contribution in [0.2, 0.25) is 0 Å². The van der Waals surface area contributed by atoms with E-state index in [4.69, 9.17) is 0 Å². The summed E-state index contributed by atoms with van der Waals surface area (Å²) >= 11 is 0. The third-order valence-corrected chi connectivity index (χ3v) is 3.11. The lowest BCUT2D eigenvalue weighted by Gasteiger charge is -2.26. The highest BCUT2D eigenvalue weighted by molar-refractivity contribution is 5.92. The molecule has 20 heavy (non-hydrogen) atoms. The topological polar surface area (TPSA) is 42.0 Å². The number of aryl methyl sites for hydroxylation is 1. The molecule has 1 amide bonds. The second-order valence-corrected chi connectivity index (χ2v) is 5.25. The summed E-state index contributed by atoms with van der Waals surface area (Å²) < 4.78 is 12.9. The van der Waals surface area contributed by atoms with E-state index in [1.54, 1.807) is 24.3 Å². The maximum Gasteiger partial charge on any atom is 0.270 e. The summed E-state index contributed by atoms with van der Waals surface area (Å²) in [5.74, 6) is -0.542. The van der Waals surface area contributed by atoms with Crippen molar-refractivity contribution >= 4 is 5.91 Å². The van der Waals surface area contributed by atoms with Crippen LogP contribution in [0.3, 0.4) is 0 Å². The molecule has 2 rings (SSSR count). The van der Waals surface area contributed by atoms with Crippen LogP contribution in [0.4, 0.5) is 4.39 Å². The number of benzene rings is 1. The molecule has 0 saturated heterocycles. The van der Waals surface area contributed by atoms with E-state index < -0.39 is 5.54 Å². The van der Waals surface area contributed by atoms with Crippen molar-refractivity contribution < 1.29 is 9.18 Å². The highest BCUT2D eigenvalue weighted by Crippen LogP contribution is 2.20. The standard InChI is InChI=1S/C16H17FN2O/c1-11-5-4-6-14(18-11)15(20)19-16(2,3)12-7-9-13(17)10-8-12/h4-10H,1-3H3,(H,19,20). The largest absolute Gasteiger partial charge is 0.342 e. The number of pyridine rings is 1. The lowest BCUT2D eigenvalue weighted by molar-refractivity contribution is 0.0906. The molecular formula is C16H17FN2O. The molecule has 2 aromatic rings. The smallest absolute Gasteiger partial charge is 0.270 e. The molecule has 1 aromatic heterocycles. The number of aromatic nitrogens is 1. The molecule has 3 nitrogen and oxygen atoms in total. The maximum atomic E-state index is 12.9. The molecule has 0 fully saturated rings. The summed E-state index contributed by atoms with van der Waals surface area (Å²) in [5.41, 5.74) is 1.40. The molecule has 0 aliphatic rings. The average molecular weight is 272 g/mol.